The molecule has 0 fully saturated rings. The van der Waals surface area contributed by atoms with Gasteiger partial charge in [-0.3, -0.25) is 0 Å². The maximum Gasteiger partial charge on any atom is -0.0131 e. The van der Waals surface area contributed by atoms with E-state index in [1.807, 2.05) is 0 Å². The first-order chi connectivity index (χ1) is 6.57. The molecule has 0 atom stereocenters. The van der Waals surface area contributed by atoms with Gasteiger partial charge in [0, 0.05) is 0 Å². The third-order valence-electron chi connectivity index (χ3n) is 2.60. The highest BCUT2D eigenvalue weighted by Crippen LogP contribution is 2.32. The number of hydrogen-bond acceptors (Lipinski definition) is 0. The molecule has 0 nitrogen and oxygen atoms in total. The zero-order chi connectivity index (χ0) is 10.2. The Hall–Kier alpha value is -1.30. The molecular formula is C14H16. The molecular weight excluding hydrogens is 168 g/mol. The van der Waals surface area contributed by atoms with Crippen molar-refractivity contribution >= 4 is 0 Å². The predicted molar refractivity (Wildman–Crippen MR) is 61.8 cm³/mol. The molecule has 0 heteroatoms. The summed E-state index contributed by atoms with van der Waals surface area (Å²) >= 11 is 0. The first kappa shape index (κ1) is 9.26. The molecule has 14 heavy (non-hydrogen) atoms. The van der Waals surface area contributed by atoms with Crippen LogP contribution in [0.15, 0.2) is 42.5 Å². The second-order valence-corrected chi connectivity index (χ2v) is 4.82. The summed E-state index contributed by atoms with van der Waals surface area (Å²) in [5, 5.41) is 0. The highest BCUT2D eigenvalue weighted by molar-refractivity contribution is 5.68. The molecule has 0 aromatic heterocycles. The molecule has 0 aromatic carbocycles. The third kappa shape index (κ3) is 1.65. The molecule has 0 heterocycles. The molecule has 2 aliphatic rings. The lowest BCUT2D eigenvalue weighted by Crippen LogP contribution is -2.08. The van der Waals surface area contributed by atoms with Gasteiger partial charge in [-0.1, -0.05) is 63.2 Å². The van der Waals surface area contributed by atoms with Gasteiger partial charge < -0.3 is 0 Å². The molecule has 0 aliphatic heterocycles. The zero-order valence-electron chi connectivity index (χ0n) is 9.04. The van der Waals surface area contributed by atoms with Gasteiger partial charge in [-0.15, -0.1) is 0 Å². The topological polar surface area (TPSA) is 0 Å². The number of rotatable bonds is 0. The van der Waals surface area contributed by atoms with Crippen molar-refractivity contribution in [1.29, 1.82) is 0 Å². The van der Waals surface area contributed by atoms with E-state index in [0.29, 0.717) is 0 Å². The van der Waals surface area contributed by atoms with Crippen LogP contribution in [-0.2, 0) is 5.41 Å². The summed E-state index contributed by atoms with van der Waals surface area (Å²) in [6.07, 6.45) is 0. The smallest absolute Gasteiger partial charge is 0.0131 e. The van der Waals surface area contributed by atoms with Crippen LogP contribution in [0.1, 0.15) is 26.3 Å². The van der Waals surface area contributed by atoms with Crippen molar-refractivity contribution in [3.8, 4) is 11.1 Å². The zero-order valence-corrected chi connectivity index (χ0v) is 9.04. The molecule has 0 saturated carbocycles. The van der Waals surface area contributed by atoms with E-state index in [2.05, 4.69) is 63.2 Å². The largest absolute Gasteiger partial charge is 0.0622 e. The summed E-state index contributed by atoms with van der Waals surface area (Å²) in [5.41, 5.74) is 4.33. The van der Waals surface area contributed by atoms with Crippen LogP contribution in [-0.4, -0.2) is 0 Å². The van der Waals surface area contributed by atoms with E-state index in [1.165, 1.54) is 16.7 Å². The minimum absolute atomic E-state index is 0.248. The number of fused-ring (bicyclic) bond motifs is 1. The quantitative estimate of drug-likeness (QED) is 0.578. The Morgan fingerprint density at radius 1 is 0.786 bits per heavy atom. The van der Waals surface area contributed by atoms with E-state index in [4.69, 9.17) is 0 Å². The van der Waals surface area contributed by atoms with Crippen molar-refractivity contribution in [2.75, 3.05) is 0 Å². The molecule has 72 valence electrons. The van der Waals surface area contributed by atoms with Crippen LogP contribution in [0.3, 0.4) is 0 Å². The van der Waals surface area contributed by atoms with E-state index in [-0.39, 0.29) is 5.41 Å². The Bertz CT molecular complexity index is 376. The van der Waals surface area contributed by atoms with Crippen molar-refractivity contribution in [2.45, 2.75) is 26.2 Å². The lowest BCUT2D eigenvalue weighted by Gasteiger charge is -2.16. The van der Waals surface area contributed by atoms with Crippen molar-refractivity contribution in [3.05, 3.63) is 48.0 Å². The molecule has 0 unspecified atom stereocenters. The van der Waals surface area contributed by atoms with Gasteiger partial charge in [-0.25, -0.2) is 0 Å². The SMILES string of the molecule is CC(C)(C)c1cc2cccccc-2c1. The van der Waals surface area contributed by atoms with Crippen LogP contribution in [0.4, 0.5) is 0 Å². The van der Waals surface area contributed by atoms with E-state index >= 15 is 0 Å². The van der Waals surface area contributed by atoms with Gasteiger partial charge in [-0.2, -0.15) is 0 Å². The molecule has 0 saturated heterocycles. The van der Waals surface area contributed by atoms with E-state index < -0.39 is 0 Å². The van der Waals surface area contributed by atoms with Crippen LogP contribution in [0.25, 0.3) is 11.1 Å². The molecule has 0 aromatic rings. The summed E-state index contributed by atoms with van der Waals surface area (Å²) in [6, 6.07) is 15.2. The van der Waals surface area contributed by atoms with Crippen LogP contribution in [0.5, 0.6) is 0 Å². The monoisotopic (exact) mass is 184 g/mol. The molecule has 0 N–H and O–H groups in total. The van der Waals surface area contributed by atoms with Gasteiger partial charge in [0.25, 0.3) is 0 Å². The fourth-order valence-corrected chi connectivity index (χ4v) is 1.65. The molecule has 0 bridgehead atoms. The van der Waals surface area contributed by atoms with Crippen LogP contribution >= 0.6 is 0 Å². The highest BCUT2D eigenvalue weighted by Gasteiger charge is 2.16. The third-order valence-corrected chi connectivity index (χ3v) is 2.60. The fraction of sp³-hybridized carbons (Fsp3) is 0.286. The Kier molecular flexibility index (Phi) is 2.07. The predicted octanol–water partition coefficient (Wildman–Crippen LogP) is 4.09. The summed E-state index contributed by atoms with van der Waals surface area (Å²) in [5.74, 6) is 0. The maximum atomic E-state index is 2.29. The van der Waals surface area contributed by atoms with Gasteiger partial charge in [0.15, 0.2) is 0 Å². The molecule has 0 amide bonds. The summed E-state index contributed by atoms with van der Waals surface area (Å²) in [4.78, 5) is 0. The van der Waals surface area contributed by atoms with E-state index in [9.17, 15) is 0 Å². The first-order valence-electron chi connectivity index (χ1n) is 5.07. The maximum absolute atomic E-state index is 2.29. The molecule has 0 radical (unpaired) electrons. The van der Waals surface area contributed by atoms with Crippen molar-refractivity contribution in [3.63, 3.8) is 0 Å². The Morgan fingerprint density at radius 3 is 1.71 bits per heavy atom. The van der Waals surface area contributed by atoms with Crippen LogP contribution in [0, 0.1) is 0 Å². The second-order valence-electron chi connectivity index (χ2n) is 4.82. The molecule has 0 spiro atoms. The van der Waals surface area contributed by atoms with Crippen molar-refractivity contribution < 1.29 is 0 Å². The van der Waals surface area contributed by atoms with Crippen molar-refractivity contribution in [1.82, 2.24) is 0 Å². The fourth-order valence-electron chi connectivity index (χ4n) is 1.65. The Morgan fingerprint density at radius 2 is 1.29 bits per heavy atom. The van der Waals surface area contributed by atoms with Gasteiger partial charge >= 0.3 is 0 Å². The average molecular weight is 184 g/mol. The highest BCUT2D eigenvalue weighted by atomic mass is 14.2. The second kappa shape index (κ2) is 3.13. The van der Waals surface area contributed by atoms with Gasteiger partial charge in [0.05, 0.1) is 0 Å². The van der Waals surface area contributed by atoms with Gasteiger partial charge in [0.2, 0.25) is 0 Å². The van der Waals surface area contributed by atoms with Crippen LogP contribution in [0.2, 0.25) is 0 Å². The Labute approximate surface area is 85.9 Å². The average Bonchev–Trinajstić information content (AvgIpc) is 2.38. The molecule has 2 aliphatic carbocycles. The lowest BCUT2D eigenvalue weighted by atomic mass is 9.89. The van der Waals surface area contributed by atoms with Crippen LogP contribution < -0.4 is 0 Å². The van der Waals surface area contributed by atoms with E-state index in [0.717, 1.165) is 0 Å². The summed E-state index contributed by atoms with van der Waals surface area (Å²) in [6.45, 7) is 6.75. The standard InChI is InChI=1S/C14H16/c1-14(2,3)13-9-11-7-5-4-6-8-12(11)10-13/h4-10H,1-3H3. The first-order valence-corrected chi connectivity index (χ1v) is 5.07. The lowest BCUT2D eigenvalue weighted by molar-refractivity contribution is 0.592. The molecule has 2 rings (SSSR count). The normalized spacial score (nSPS) is 11.9. The summed E-state index contributed by atoms with van der Waals surface area (Å²) in [7, 11) is 0. The summed E-state index contributed by atoms with van der Waals surface area (Å²) < 4.78 is 0. The van der Waals surface area contributed by atoms with Gasteiger partial charge in [0.1, 0.15) is 0 Å². The van der Waals surface area contributed by atoms with Gasteiger partial charge in [-0.05, 0) is 22.1 Å². The van der Waals surface area contributed by atoms with Crippen molar-refractivity contribution in [2.24, 2.45) is 0 Å². The Balaban J connectivity index is 2.59. The minimum atomic E-state index is 0.248. The minimum Gasteiger partial charge on any atom is -0.0622 e. The van der Waals surface area contributed by atoms with E-state index in [1.54, 1.807) is 0 Å². The number of hydrogen-bond donors (Lipinski definition) is 0.